The SMILES string of the molecule is NNC(=O)[C@@](O)(NN)C(F)(F)F. The van der Waals surface area contributed by atoms with Crippen molar-refractivity contribution in [1.29, 1.82) is 0 Å². The molecule has 0 saturated heterocycles. The van der Waals surface area contributed by atoms with Crippen LogP contribution >= 0.6 is 0 Å². The maximum atomic E-state index is 11.8. The van der Waals surface area contributed by atoms with Gasteiger partial charge < -0.3 is 5.11 Å². The van der Waals surface area contributed by atoms with Gasteiger partial charge in [-0.25, -0.2) is 11.3 Å². The summed E-state index contributed by atoms with van der Waals surface area (Å²) >= 11 is 0. The van der Waals surface area contributed by atoms with Gasteiger partial charge in [-0.15, -0.1) is 0 Å². The number of nitrogens with two attached hydrogens (primary N) is 2. The minimum Gasteiger partial charge on any atom is -0.360 e. The molecular formula is C3H7F3N4O2. The number of halogens is 3. The van der Waals surface area contributed by atoms with Crippen molar-refractivity contribution in [2.24, 2.45) is 11.7 Å². The molecule has 0 unspecified atom stereocenters. The molecule has 0 aromatic carbocycles. The molecule has 0 heterocycles. The Morgan fingerprint density at radius 1 is 1.33 bits per heavy atom. The van der Waals surface area contributed by atoms with E-state index in [9.17, 15) is 18.0 Å². The Morgan fingerprint density at radius 2 is 1.75 bits per heavy atom. The van der Waals surface area contributed by atoms with Crippen molar-refractivity contribution in [3.8, 4) is 0 Å². The molecule has 0 bridgehead atoms. The highest BCUT2D eigenvalue weighted by Gasteiger charge is 2.59. The van der Waals surface area contributed by atoms with E-state index >= 15 is 0 Å². The van der Waals surface area contributed by atoms with Crippen LogP contribution in [-0.2, 0) is 4.79 Å². The summed E-state index contributed by atoms with van der Waals surface area (Å²) in [7, 11) is 0. The number of carbonyl (C=O) groups is 1. The summed E-state index contributed by atoms with van der Waals surface area (Å²) in [5.74, 6) is 6.82. The third kappa shape index (κ3) is 1.64. The first-order valence-electron chi connectivity index (χ1n) is 2.57. The molecule has 0 saturated carbocycles. The molecule has 1 amide bonds. The summed E-state index contributed by atoms with van der Waals surface area (Å²) in [6.07, 6.45) is -5.24. The van der Waals surface area contributed by atoms with Gasteiger partial charge in [0.25, 0.3) is 5.91 Å². The summed E-state index contributed by atoms with van der Waals surface area (Å²) in [6, 6.07) is 0. The van der Waals surface area contributed by atoms with Crippen molar-refractivity contribution in [1.82, 2.24) is 10.9 Å². The van der Waals surface area contributed by atoms with E-state index in [1.807, 2.05) is 0 Å². The van der Waals surface area contributed by atoms with E-state index in [0.717, 1.165) is 10.9 Å². The average Bonchev–Trinajstić information content (AvgIpc) is 1.99. The normalized spacial score (nSPS) is 16.8. The smallest absolute Gasteiger partial charge is 0.360 e. The first-order valence-corrected chi connectivity index (χ1v) is 2.57. The second kappa shape index (κ2) is 3.23. The minimum atomic E-state index is -5.24. The zero-order valence-corrected chi connectivity index (χ0v) is 5.64. The van der Waals surface area contributed by atoms with Crippen LogP contribution in [0.15, 0.2) is 0 Å². The Kier molecular flexibility index (Phi) is 2.98. The summed E-state index contributed by atoms with van der Waals surface area (Å²) in [6.45, 7) is 0. The highest BCUT2D eigenvalue weighted by Crippen LogP contribution is 2.27. The van der Waals surface area contributed by atoms with Crippen molar-refractivity contribution in [3.05, 3.63) is 0 Å². The molecule has 7 N–H and O–H groups in total. The largest absolute Gasteiger partial charge is 0.442 e. The number of carbonyl (C=O) groups excluding carboxylic acids is 1. The van der Waals surface area contributed by atoms with Gasteiger partial charge in [0, 0.05) is 0 Å². The number of amides is 1. The van der Waals surface area contributed by atoms with Gasteiger partial charge in [-0.1, -0.05) is 0 Å². The van der Waals surface area contributed by atoms with Gasteiger partial charge >= 0.3 is 11.9 Å². The lowest BCUT2D eigenvalue weighted by molar-refractivity contribution is -0.262. The van der Waals surface area contributed by atoms with Crippen LogP contribution in [0.2, 0.25) is 0 Å². The van der Waals surface area contributed by atoms with Crippen molar-refractivity contribution < 1.29 is 23.1 Å². The van der Waals surface area contributed by atoms with E-state index in [1.54, 1.807) is 0 Å². The zero-order chi connectivity index (χ0) is 9.99. The van der Waals surface area contributed by atoms with Gasteiger partial charge in [0.2, 0.25) is 0 Å². The highest BCUT2D eigenvalue weighted by atomic mass is 19.4. The second-order valence-electron chi connectivity index (χ2n) is 1.83. The van der Waals surface area contributed by atoms with E-state index in [4.69, 9.17) is 5.11 Å². The molecular weight excluding hydrogens is 181 g/mol. The van der Waals surface area contributed by atoms with Crippen molar-refractivity contribution in [2.45, 2.75) is 11.9 Å². The predicted octanol–water partition coefficient (Wildman–Crippen LogP) is -2.31. The van der Waals surface area contributed by atoms with E-state index in [-0.39, 0.29) is 0 Å². The van der Waals surface area contributed by atoms with Gasteiger partial charge in [-0.05, 0) is 0 Å². The average molecular weight is 188 g/mol. The first-order chi connectivity index (χ1) is 5.29. The fourth-order valence-electron chi connectivity index (χ4n) is 0.381. The molecule has 72 valence electrons. The molecule has 6 nitrogen and oxygen atoms in total. The molecule has 0 radical (unpaired) electrons. The Hall–Kier alpha value is -0.900. The van der Waals surface area contributed by atoms with Crippen LogP contribution in [0, 0.1) is 0 Å². The summed E-state index contributed by atoms with van der Waals surface area (Å²) in [5, 5.41) is 8.57. The van der Waals surface area contributed by atoms with Gasteiger partial charge in [0.05, 0.1) is 0 Å². The third-order valence-corrected chi connectivity index (χ3v) is 1.08. The fourth-order valence-corrected chi connectivity index (χ4v) is 0.381. The molecule has 12 heavy (non-hydrogen) atoms. The Labute approximate surface area is 64.6 Å². The summed E-state index contributed by atoms with van der Waals surface area (Å²) in [5.41, 5.74) is -1.84. The quantitative estimate of drug-likeness (QED) is 0.145. The van der Waals surface area contributed by atoms with Gasteiger partial charge in [-0.2, -0.15) is 13.2 Å². The Morgan fingerprint density at radius 3 is 1.83 bits per heavy atom. The van der Waals surface area contributed by atoms with Crippen LogP contribution in [0.1, 0.15) is 0 Å². The summed E-state index contributed by atoms with van der Waals surface area (Å²) in [4.78, 5) is 10.4. The maximum Gasteiger partial charge on any atom is 0.442 e. The Balaban J connectivity index is 4.80. The third-order valence-electron chi connectivity index (χ3n) is 1.08. The van der Waals surface area contributed by atoms with E-state index < -0.39 is 17.8 Å². The molecule has 0 aliphatic heterocycles. The molecule has 0 aliphatic carbocycles. The van der Waals surface area contributed by atoms with Crippen LogP contribution in [-0.4, -0.2) is 22.9 Å². The summed E-state index contributed by atoms with van der Waals surface area (Å²) < 4.78 is 35.5. The predicted molar refractivity (Wildman–Crippen MR) is 30.7 cm³/mol. The number of aliphatic hydroxyl groups is 1. The molecule has 0 aromatic rings. The van der Waals surface area contributed by atoms with Gasteiger partial charge in [0.1, 0.15) is 0 Å². The van der Waals surface area contributed by atoms with Crippen LogP contribution in [0.4, 0.5) is 13.2 Å². The fraction of sp³-hybridized carbons (Fsp3) is 0.667. The topological polar surface area (TPSA) is 113 Å². The van der Waals surface area contributed by atoms with Crippen LogP contribution < -0.4 is 22.5 Å². The number of nitrogens with one attached hydrogen (secondary N) is 2. The lowest BCUT2D eigenvalue weighted by atomic mass is 10.2. The van der Waals surface area contributed by atoms with Crippen molar-refractivity contribution in [2.75, 3.05) is 0 Å². The molecule has 9 heteroatoms. The molecule has 0 fully saturated rings. The van der Waals surface area contributed by atoms with Crippen molar-refractivity contribution >= 4 is 5.91 Å². The molecule has 0 aliphatic rings. The number of hydrogen-bond donors (Lipinski definition) is 5. The van der Waals surface area contributed by atoms with Crippen molar-refractivity contribution in [3.63, 3.8) is 0 Å². The lowest BCUT2D eigenvalue weighted by Crippen LogP contribution is -2.68. The van der Waals surface area contributed by atoms with Gasteiger partial charge in [-0.3, -0.25) is 16.1 Å². The number of hydrogen-bond acceptors (Lipinski definition) is 5. The first kappa shape index (κ1) is 11.1. The molecule has 0 rings (SSSR count). The standard InChI is InChI=1S/C3H7F3N4O2/c4-3(5,6)2(12,10-8)1(11)9-7/h10,12H,7-8H2,(H,9,11)/t2-/m0/s1. The monoisotopic (exact) mass is 188 g/mol. The maximum absolute atomic E-state index is 11.8. The van der Waals surface area contributed by atoms with Crippen LogP contribution in [0.5, 0.6) is 0 Å². The Bertz CT molecular complexity index is 183. The second-order valence-corrected chi connectivity index (χ2v) is 1.83. The molecule has 1 atom stereocenters. The van der Waals surface area contributed by atoms with Crippen LogP contribution in [0.25, 0.3) is 0 Å². The molecule has 0 aromatic heterocycles. The molecule has 0 spiro atoms. The number of rotatable bonds is 2. The lowest BCUT2D eigenvalue weighted by Gasteiger charge is -2.26. The van der Waals surface area contributed by atoms with E-state index in [2.05, 4.69) is 11.7 Å². The number of alkyl halides is 3. The van der Waals surface area contributed by atoms with Gasteiger partial charge in [0.15, 0.2) is 0 Å². The number of hydrazine groups is 2. The zero-order valence-electron chi connectivity index (χ0n) is 5.64. The highest BCUT2D eigenvalue weighted by molar-refractivity contribution is 5.84. The van der Waals surface area contributed by atoms with E-state index in [1.165, 1.54) is 0 Å². The van der Waals surface area contributed by atoms with E-state index in [0.29, 0.717) is 0 Å². The minimum absolute atomic E-state index is 0.908. The van der Waals surface area contributed by atoms with Crippen LogP contribution in [0.3, 0.4) is 0 Å².